The lowest BCUT2D eigenvalue weighted by atomic mass is 10.3. The van der Waals surface area contributed by atoms with E-state index in [4.69, 9.17) is 9.15 Å². The van der Waals surface area contributed by atoms with Gasteiger partial charge in [0.2, 0.25) is 0 Å². The number of hydrogen-bond donors (Lipinski definition) is 1. The van der Waals surface area contributed by atoms with E-state index in [-0.39, 0.29) is 11.7 Å². The Morgan fingerprint density at radius 1 is 1.43 bits per heavy atom. The summed E-state index contributed by atoms with van der Waals surface area (Å²) >= 11 is 1.42. The van der Waals surface area contributed by atoms with Crippen LogP contribution in [0.1, 0.15) is 23.9 Å². The average Bonchev–Trinajstić information content (AvgIpc) is 3.13. The van der Waals surface area contributed by atoms with Crippen molar-refractivity contribution in [3.05, 3.63) is 42.4 Å². The molecule has 0 radical (unpaired) electrons. The number of nitrogens with zero attached hydrogens (tertiary/aromatic N) is 1. The van der Waals surface area contributed by atoms with Crippen LogP contribution in [0.25, 0.3) is 10.2 Å². The number of fused-ring (bicyclic) bond motifs is 1. The number of amides is 1. The number of carbonyl (C=O) groups excluding carboxylic acids is 1. The van der Waals surface area contributed by atoms with Crippen molar-refractivity contribution in [3.63, 3.8) is 0 Å². The number of ether oxygens (including phenoxy) is 1. The van der Waals surface area contributed by atoms with Gasteiger partial charge in [-0.2, -0.15) is 0 Å². The predicted molar refractivity (Wildman–Crippen MR) is 82.1 cm³/mol. The number of benzene rings is 1. The molecule has 0 aliphatic heterocycles. The van der Waals surface area contributed by atoms with Gasteiger partial charge in [-0.1, -0.05) is 18.3 Å². The summed E-state index contributed by atoms with van der Waals surface area (Å²) in [5.41, 5.74) is 0.809. The molecule has 3 aromatic rings. The summed E-state index contributed by atoms with van der Waals surface area (Å²) in [5.74, 6) is 0.751. The minimum Gasteiger partial charge on any atom is -0.494 e. The first-order chi connectivity index (χ1) is 10.3. The van der Waals surface area contributed by atoms with Gasteiger partial charge in [-0.05, 0) is 30.7 Å². The van der Waals surface area contributed by atoms with Crippen LogP contribution in [0.3, 0.4) is 0 Å². The molecule has 0 aliphatic carbocycles. The van der Waals surface area contributed by atoms with Crippen molar-refractivity contribution >= 4 is 32.6 Å². The topological polar surface area (TPSA) is 64.4 Å². The Morgan fingerprint density at radius 3 is 3.10 bits per heavy atom. The highest BCUT2D eigenvalue weighted by Gasteiger charge is 2.12. The minimum absolute atomic E-state index is 0.265. The molecule has 3 rings (SSSR count). The van der Waals surface area contributed by atoms with Crippen molar-refractivity contribution in [3.8, 4) is 5.75 Å². The van der Waals surface area contributed by atoms with Crippen molar-refractivity contribution in [2.45, 2.75) is 13.3 Å². The first kappa shape index (κ1) is 13.6. The highest BCUT2D eigenvalue weighted by Crippen LogP contribution is 2.29. The quantitative estimate of drug-likeness (QED) is 0.775. The first-order valence-corrected chi connectivity index (χ1v) is 7.46. The largest absolute Gasteiger partial charge is 0.494 e. The van der Waals surface area contributed by atoms with E-state index < -0.39 is 0 Å². The van der Waals surface area contributed by atoms with Gasteiger partial charge in [0.15, 0.2) is 10.9 Å². The van der Waals surface area contributed by atoms with Gasteiger partial charge in [0.25, 0.3) is 5.91 Å². The molecule has 0 saturated carbocycles. The van der Waals surface area contributed by atoms with E-state index in [0.717, 1.165) is 22.4 Å². The number of aromatic nitrogens is 1. The molecular formula is C15H14N2O3S. The average molecular weight is 302 g/mol. The highest BCUT2D eigenvalue weighted by molar-refractivity contribution is 7.22. The Bertz CT molecular complexity index is 749. The standard InChI is InChI=1S/C15H14N2O3S/c1-2-7-19-10-5-6-13-11(9-10)16-15(21-13)17-14(18)12-4-3-8-20-12/h3-6,8-9H,2,7H2,1H3,(H,16,17,18). The summed E-state index contributed by atoms with van der Waals surface area (Å²) in [5, 5.41) is 3.27. The van der Waals surface area contributed by atoms with Gasteiger partial charge in [-0.25, -0.2) is 4.98 Å². The molecule has 0 unspecified atom stereocenters. The molecule has 0 aliphatic rings. The zero-order valence-electron chi connectivity index (χ0n) is 11.5. The van der Waals surface area contributed by atoms with E-state index in [9.17, 15) is 4.79 Å². The van der Waals surface area contributed by atoms with E-state index >= 15 is 0 Å². The molecular weight excluding hydrogens is 288 g/mol. The fourth-order valence-corrected chi connectivity index (χ4v) is 2.68. The molecule has 1 aromatic carbocycles. The molecule has 6 heteroatoms. The fraction of sp³-hybridized carbons (Fsp3) is 0.200. The van der Waals surface area contributed by atoms with Gasteiger partial charge in [-0.3, -0.25) is 10.1 Å². The van der Waals surface area contributed by atoms with Gasteiger partial charge in [0.05, 0.1) is 23.1 Å². The normalized spacial score (nSPS) is 10.7. The van der Waals surface area contributed by atoms with Gasteiger partial charge in [-0.15, -0.1) is 0 Å². The fourth-order valence-electron chi connectivity index (χ4n) is 1.84. The number of carbonyl (C=O) groups is 1. The SMILES string of the molecule is CCCOc1ccc2sc(NC(=O)c3ccco3)nc2c1. The van der Waals surface area contributed by atoms with Crippen LogP contribution in [0.5, 0.6) is 5.75 Å². The third-order valence-electron chi connectivity index (χ3n) is 2.80. The maximum absolute atomic E-state index is 11.9. The molecule has 21 heavy (non-hydrogen) atoms. The van der Waals surface area contributed by atoms with E-state index in [1.54, 1.807) is 12.1 Å². The van der Waals surface area contributed by atoms with Crippen molar-refractivity contribution < 1.29 is 13.9 Å². The van der Waals surface area contributed by atoms with Crippen LogP contribution in [0.4, 0.5) is 5.13 Å². The van der Waals surface area contributed by atoms with Crippen LogP contribution in [-0.2, 0) is 0 Å². The minimum atomic E-state index is -0.304. The molecule has 2 heterocycles. The third kappa shape index (κ3) is 3.05. The Labute approximate surface area is 125 Å². The predicted octanol–water partition coefficient (Wildman–Crippen LogP) is 3.93. The summed E-state index contributed by atoms with van der Waals surface area (Å²) in [7, 11) is 0. The number of hydrogen-bond acceptors (Lipinski definition) is 5. The smallest absolute Gasteiger partial charge is 0.293 e. The molecule has 1 N–H and O–H groups in total. The molecule has 1 amide bonds. The van der Waals surface area contributed by atoms with Crippen molar-refractivity contribution in [2.24, 2.45) is 0 Å². The second-order valence-corrected chi connectivity index (χ2v) is 5.46. The van der Waals surface area contributed by atoms with Gasteiger partial charge in [0, 0.05) is 6.07 Å². The number of rotatable bonds is 5. The zero-order chi connectivity index (χ0) is 14.7. The van der Waals surface area contributed by atoms with E-state index in [1.807, 2.05) is 18.2 Å². The summed E-state index contributed by atoms with van der Waals surface area (Å²) in [6.07, 6.45) is 2.42. The summed E-state index contributed by atoms with van der Waals surface area (Å²) in [6, 6.07) is 9.02. The van der Waals surface area contributed by atoms with Crippen molar-refractivity contribution in [1.82, 2.24) is 4.98 Å². The van der Waals surface area contributed by atoms with E-state index in [1.165, 1.54) is 17.6 Å². The Morgan fingerprint density at radius 2 is 2.33 bits per heavy atom. The van der Waals surface area contributed by atoms with Crippen LogP contribution in [-0.4, -0.2) is 17.5 Å². The van der Waals surface area contributed by atoms with E-state index in [0.29, 0.717) is 11.7 Å². The Balaban J connectivity index is 1.79. The molecule has 0 saturated heterocycles. The third-order valence-corrected chi connectivity index (χ3v) is 3.75. The number of nitrogens with one attached hydrogen (secondary N) is 1. The Kier molecular flexibility index (Phi) is 3.87. The maximum Gasteiger partial charge on any atom is 0.293 e. The lowest BCUT2D eigenvalue weighted by Gasteiger charge is -2.02. The number of thiazole rings is 1. The van der Waals surface area contributed by atoms with Gasteiger partial charge < -0.3 is 9.15 Å². The van der Waals surface area contributed by atoms with E-state index in [2.05, 4.69) is 17.2 Å². The van der Waals surface area contributed by atoms with Crippen LogP contribution in [0.2, 0.25) is 0 Å². The zero-order valence-corrected chi connectivity index (χ0v) is 12.3. The lowest BCUT2D eigenvalue weighted by Crippen LogP contribution is -2.10. The van der Waals surface area contributed by atoms with Crippen LogP contribution in [0.15, 0.2) is 41.0 Å². The molecule has 0 atom stereocenters. The molecule has 0 fully saturated rings. The molecule has 2 aromatic heterocycles. The summed E-state index contributed by atoms with van der Waals surface area (Å²) in [4.78, 5) is 16.3. The molecule has 5 nitrogen and oxygen atoms in total. The monoisotopic (exact) mass is 302 g/mol. The summed E-state index contributed by atoms with van der Waals surface area (Å²) < 4.78 is 11.6. The van der Waals surface area contributed by atoms with Crippen LogP contribution in [0, 0.1) is 0 Å². The molecule has 0 spiro atoms. The maximum atomic E-state index is 11.9. The highest BCUT2D eigenvalue weighted by atomic mass is 32.1. The Hall–Kier alpha value is -2.34. The molecule has 0 bridgehead atoms. The van der Waals surface area contributed by atoms with Crippen LogP contribution >= 0.6 is 11.3 Å². The second-order valence-electron chi connectivity index (χ2n) is 4.43. The second kappa shape index (κ2) is 5.97. The summed E-state index contributed by atoms with van der Waals surface area (Å²) in [6.45, 7) is 2.74. The van der Waals surface area contributed by atoms with Crippen LogP contribution < -0.4 is 10.1 Å². The van der Waals surface area contributed by atoms with Crippen molar-refractivity contribution in [1.29, 1.82) is 0 Å². The van der Waals surface area contributed by atoms with Crippen molar-refractivity contribution in [2.75, 3.05) is 11.9 Å². The van der Waals surface area contributed by atoms with Gasteiger partial charge in [0.1, 0.15) is 5.75 Å². The number of furan rings is 1. The lowest BCUT2D eigenvalue weighted by molar-refractivity contribution is 0.0996. The first-order valence-electron chi connectivity index (χ1n) is 6.64. The number of anilines is 1. The molecule has 108 valence electrons. The van der Waals surface area contributed by atoms with Gasteiger partial charge >= 0.3 is 0 Å².